The van der Waals surface area contributed by atoms with Crippen molar-refractivity contribution in [3.63, 3.8) is 0 Å². The number of carbonyl (C=O) groups is 2. The van der Waals surface area contributed by atoms with Crippen LogP contribution in [-0.2, 0) is 17.8 Å². The number of rotatable bonds is 6. The van der Waals surface area contributed by atoms with Gasteiger partial charge in [-0.1, -0.05) is 53.7 Å². The van der Waals surface area contributed by atoms with Gasteiger partial charge in [0.25, 0.3) is 5.91 Å². The number of amides is 2. The number of carbonyl (C=O) groups excluding carboxylic acids is 2. The van der Waals surface area contributed by atoms with Crippen molar-refractivity contribution in [2.75, 3.05) is 6.54 Å². The fourth-order valence-corrected chi connectivity index (χ4v) is 3.39. The SMILES string of the molecule is Cc1noc(CC(NC(=O)CN2Cc3ccccc3C2=O)c2ccccc2)n1. The maximum absolute atomic E-state index is 12.7. The molecule has 7 nitrogen and oxygen atoms in total. The van der Waals surface area contributed by atoms with Crippen molar-refractivity contribution in [3.8, 4) is 0 Å². The van der Waals surface area contributed by atoms with E-state index >= 15 is 0 Å². The summed E-state index contributed by atoms with van der Waals surface area (Å²) in [6.07, 6.45) is 0.380. The number of hydrogen-bond acceptors (Lipinski definition) is 5. The second-order valence-electron chi connectivity index (χ2n) is 6.79. The Morgan fingerprint density at radius 2 is 1.93 bits per heavy atom. The molecule has 3 aromatic rings. The summed E-state index contributed by atoms with van der Waals surface area (Å²) in [5.41, 5.74) is 2.54. The quantitative estimate of drug-likeness (QED) is 0.714. The van der Waals surface area contributed by atoms with Crippen LogP contribution in [0, 0.1) is 6.92 Å². The van der Waals surface area contributed by atoms with Gasteiger partial charge in [-0.3, -0.25) is 9.59 Å². The molecule has 0 saturated carbocycles. The lowest BCUT2D eigenvalue weighted by molar-refractivity contribution is -0.122. The predicted molar refractivity (Wildman–Crippen MR) is 101 cm³/mol. The van der Waals surface area contributed by atoms with Crippen LogP contribution in [0.25, 0.3) is 0 Å². The monoisotopic (exact) mass is 376 g/mol. The molecule has 1 aliphatic rings. The van der Waals surface area contributed by atoms with Crippen LogP contribution in [0.15, 0.2) is 59.1 Å². The average molecular weight is 376 g/mol. The Bertz CT molecular complexity index is 1000. The summed E-state index contributed by atoms with van der Waals surface area (Å²) in [7, 11) is 0. The summed E-state index contributed by atoms with van der Waals surface area (Å²) in [4.78, 5) is 31.0. The molecule has 142 valence electrons. The number of hydrogen-bond donors (Lipinski definition) is 1. The van der Waals surface area contributed by atoms with Crippen LogP contribution in [0.2, 0.25) is 0 Å². The maximum atomic E-state index is 12.7. The highest BCUT2D eigenvalue weighted by Gasteiger charge is 2.29. The minimum atomic E-state index is -0.325. The Hall–Kier alpha value is -3.48. The average Bonchev–Trinajstić information content (AvgIpc) is 3.25. The molecule has 0 spiro atoms. The first-order valence-corrected chi connectivity index (χ1v) is 9.11. The molecule has 1 atom stereocenters. The van der Waals surface area contributed by atoms with Crippen molar-refractivity contribution in [2.24, 2.45) is 0 Å². The Kier molecular flexibility index (Phi) is 4.89. The molecule has 1 aliphatic heterocycles. The van der Waals surface area contributed by atoms with Crippen molar-refractivity contribution in [1.29, 1.82) is 0 Å². The highest BCUT2D eigenvalue weighted by atomic mass is 16.5. The minimum Gasteiger partial charge on any atom is -0.347 e. The Labute approximate surface area is 162 Å². The van der Waals surface area contributed by atoms with Crippen molar-refractivity contribution in [1.82, 2.24) is 20.4 Å². The van der Waals surface area contributed by atoms with Crippen LogP contribution < -0.4 is 5.32 Å². The molecular weight excluding hydrogens is 356 g/mol. The largest absolute Gasteiger partial charge is 0.347 e. The first-order valence-electron chi connectivity index (χ1n) is 9.11. The number of aromatic nitrogens is 2. The van der Waals surface area contributed by atoms with E-state index in [1.54, 1.807) is 17.9 Å². The Balaban J connectivity index is 1.46. The van der Waals surface area contributed by atoms with Crippen molar-refractivity contribution < 1.29 is 14.1 Å². The molecule has 2 amide bonds. The minimum absolute atomic E-state index is 0.000290. The van der Waals surface area contributed by atoms with E-state index in [4.69, 9.17) is 4.52 Å². The zero-order chi connectivity index (χ0) is 19.5. The van der Waals surface area contributed by atoms with E-state index in [1.807, 2.05) is 48.5 Å². The molecule has 1 aromatic heterocycles. The summed E-state index contributed by atoms with van der Waals surface area (Å²) in [6, 6.07) is 16.7. The fraction of sp³-hybridized carbons (Fsp3) is 0.238. The van der Waals surface area contributed by atoms with E-state index in [2.05, 4.69) is 15.5 Å². The van der Waals surface area contributed by atoms with Crippen LogP contribution >= 0.6 is 0 Å². The van der Waals surface area contributed by atoms with Crippen LogP contribution in [0.4, 0.5) is 0 Å². The van der Waals surface area contributed by atoms with E-state index in [9.17, 15) is 9.59 Å². The van der Waals surface area contributed by atoms with Gasteiger partial charge < -0.3 is 14.7 Å². The van der Waals surface area contributed by atoms with E-state index in [1.165, 1.54) is 0 Å². The Morgan fingerprint density at radius 1 is 1.18 bits per heavy atom. The van der Waals surface area contributed by atoms with Gasteiger partial charge in [-0.05, 0) is 24.1 Å². The topological polar surface area (TPSA) is 88.3 Å². The van der Waals surface area contributed by atoms with E-state index in [0.717, 1.165) is 11.1 Å². The lowest BCUT2D eigenvalue weighted by atomic mass is 10.0. The number of nitrogens with zero attached hydrogens (tertiary/aromatic N) is 3. The van der Waals surface area contributed by atoms with Gasteiger partial charge in [0.05, 0.1) is 12.5 Å². The predicted octanol–water partition coefficient (Wildman–Crippen LogP) is 2.43. The lowest BCUT2D eigenvalue weighted by Gasteiger charge is -2.20. The first-order chi connectivity index (χ1) is 13.6. The van der Waals surface area contributed by atoms with Gasteiger partial charge in [-0.2, -0.15) is 4.98 Å². The van der Waals surface area contributed by atoms with Crippen LogP contribution in [0.1, 0.15) is 39.2 Å². The molecule has 28 heavy (non-hydrogen) atoms. The summed E-state index contributed by atoms with van der Waals surface area (Å²) in [5.74, 6) is 0.658. The van der Waals surface area contributed by atoms with E-state index in [-0.39, 0.29) is 24.4 Å². The molecule has 0 fully saturated rings. The molecule has 0 bridgehead atoms. The third-order valence-corrected chi connectivity index (χ3v) is 4.72. The first kappa shape index (κ1) is 17.9. The highest BCUT2D eigenvalue weighted by molar-refractivity contribution is 6.00. The second-order valence-corrected chi connectivity index (χ2v) is 6.79. The molecule has 2 heterocycles. The number of benzene rings is 2. The molecule has 4 rings (SSSR count). The van der Waals surface area contributed by atoms with E-state index < -0.39 is 0 Å². The van der Waals surface area contributed by atoms with Gasteiger partial charge in [0.15, 0.2) is 5.82 Å². The van der Waals surface area contributed by atoms with Crippen molar-refractivity contribution in [2.45, 2.75) is 25.9 Å². The lowest BCUT2D eigenvalue weighted by Crippen LogP contribution is -2.39. The smallest absolute Gasteiger partial charge is 0.254 e. The zero-order valence-corrected chi connectivity index (χ0v) is 15.5. The summed E-state index contributed by atoms with van der Waals surface area (Å²) >= 11 is 0. The zero-order valence-electron chi connectivity index (χ0n) is 15.5. The number of aryl methyl sites for hydroxylation is 1. The van der Waals surface area contributed by atoms with Crippen LogP contribution in [0.5, 0.6) is 0 Å². The summed E-state index contributed by atoms with van der Waals surface area (Å²) < 4.78 is 5.21. The molecule has 2 aromatic carbocycles. The summed E-state index contributed by atoms with van der Waals surface area (Å²) in [5, 5.41) is 6.81. The molecular formula is C21H20N4O3. The number of nitrogens with one attached hydrogen (secondary N) is 1. The van der Waals surface area contributed by atoms with Gasteiger partial charge in [0, 0.05) is 12.1 Å². The summed E-state index contributed by atoms with van der Waals surface area (Å²) in [6.45, 7) is 2.20. The third kappa shape index (κ3) is 3.78. The Morgan fingerprint density at radius 3 is 2.64 bits per heavy atom. The van der Waals surface area contributed by atoms with Crippen molar-refractivity contribution >= 4 is 11.8 Å². The van der Waals surface area contributed by atoms with Gasteiger partial charge >= 0.3 is 0 Å². The third-order valence-electron chi connectivity index (χ3n) is 4.72. The van der Waals surface area contributed by atoms with Gasteiger partial charge in [-0.25, -0.2) is 0 Å². The molecule has 0 saturated heterocycles. The molecule has 0 radical (unpaired) electrons. The highest BCUT2D eigenvalue weighted by Crippen LogP contribution is 2.22. The molecule has 1 unspecified atom stereocenters. The van der Waals surface area contributed by atoms with Crippen molar-refractivity contribution in [3.05, 3.63) is 83.0 Å². The fourth-order valence-electron chi connectivity index (χ4n) is 3.39. The maximum Gasteiger partial charge on any atom is 0.254 e. The van der Waals surface area contributed by atoms with Crippen LogP contribution in [0.3, 0.4) is 0 Å². The van der Waals surface area contributed by atoms with Crippen LogP contribution in [-0.4, -0.2) is 33.4 Å². The molecule has 7 heteroatoms. The van der Waals surface area contributed by atoms with Gasteiger partial charge in [0.2, 0.25) is 11.8 Å². The standard InChI is InChI=1S/C21H20N4O3/c1-14-22-20(28-24-14)11-18(15-7-3-2-4-8-15)23-19(26)13-25-12-16-9-5-6-10-17(16)21(25)27/h2-10,18H,11-13H2,1H3,(H,23,26). The van der Waals surface area contributed by atoms with Gasteiger partial charge in [-0.15, -0.1) is 0 Å². The molecule has 1 N–H and O–H groups in total. The van der Waals surface area contributed by atoms with E-state index in [0.29, 0.717) is 30.2 Å². The number of fused-ring (bicyclic) bond motifs is 1. The van der Waals surface area contributed by atoms with Gasteiger partial charge in [0.1, 0.15) is 6.54 Å². The molecule has 0 aliphatic carbocycles. The normalized spacial score (nSPS) is 14.0. The second kappa shape index (κ2) is 7.64.